The Morgan fingerprint density at radius 3 is 2.61 bits per heavy atom. The van der Waals surface area contributed by atoms with Crippen molar-refractivity contribution in [3.05, 3.63) is 76.4 Å². The van der Waals surface area contributed by atoms with Gasteiger partial charge in [0.2, 0.25) is 5.88 Å². The highest BCUT2D eigenvalue weighted by molar-refractivity contribution is 6.30. The molecule has 36 heavy (non-hydrogen) atoms. The van der Waals surface area contributed by atoms with Crippen LogP contribution in [0.3, 0.4) is 0 Å². The van der Waals surface area contributed by atoms with Gasteiger partial charge in [0.15, 0.2) is 0 Å². The van der Waals surface area contributed by atoms with Crippen LogP contribution >= 0.6 is 11.6 Å². The van der Waals surface area contributed by atoms with Crippen molar-refractivity contribution in [3.8, 4) is 17.0 Å². The van der Waals surface area contributed by atoms with Crippen molar-refractivity contribution >= 4 is 29.1 Å². The summed E-state index contributed by atoms with van der Waals surface area (Å²) in [5, 5.41) is 0.613. The van der Waals surface area contributed by atoms with Gasteiger partial charge in [-0.1, -0.05) is 24.6 Å². The fourth-order valence-corrected chi connectivity index (χ4v) is 4.98. The molecular weight excluding hydrogens is 476 g/mol. The minimum atomic E-state index is -0.501. The number of hydrogen-bond donors (Lipinski definition) is 1. The Kier molecular flexibility index (Phi) is 7.79. The molecule has 0 aliphatic carbocycles. The number of carbonyl (C=O) groups is 2. The summed E-state index contributed by atoms with van der Waals surface area (Å²) >= 11 is 6.08. The number of rotatable bonds is 7. The van der Waals surface area contributed by atoms with Crippen molar-refractivity contribution in [1.29, 1.82) is 0 Å². The van der Waals surface area contributed by atoms with Gasteiger partial charge in [-0.15, -0.1) is 0 Å². The first-order valence-electron chi connectivity index (χ1n) is 12.2. The molecule has 1 aliphatic rings. The number of anilines is 1. The van der Waals surface area contributed by atoms with E-state index in [2.05, 4.69) is 16.8 Å². The van der Waals surface area contributed by atoms with E-state index >= 15 is 0 Å². The standard InChI is InChI=1S/C28H31ClN4O3/c1-4-21-17-32(28(35)22-10-9-20(29)15-18(22)3)13-14-33(21)25-11-8-19(16-24(25)26(30)34)23-7-6-12-31-27(23)36-5-2/h6-12,15-16,21H,4-5,13-14,17H2,1-3H3,(H2,30,34)/t21-/m1/s1. The Hall–Kier alpha value is -3.58. The third kappa shape index (κ3) is 5.16. The summed E-state index contributed by atoms with van der Waals surface area (Å²) in [5.74, 6) is 0.00541. The molecule has 2 amide bonds. The molecule has 0 bridgehead atoms. The summed E-state index contributed by atoms with van der Waals surface area (Å²) in [6.45, 7) is 8.05. The van der Waals surface area contributed by atoms with Crippen molar-refractivity contribution in [2.24, 2.45) is 5.73 Å². The molecule has 1 aromatic heterocycles. The van der Waals surface area contributed by atoms with E-state index in [1.165, 1.54) is 0 Å². The first-order chi connectivity index (χ1) is 17.3. The zero-order valence-electron chi connectivity index (χ0n) is 20.8. The fraction of sp³-hybridized carbons (Fsp3) is 0.321. The summed E-state index contributed by atoms with van der Waals surface area (Å²) in [7, 11) is 0. The third-order valence-corrected chi connectivity index (χ3v) is 6.83. The van der Waals surface area contributed by atoms with Crippen LogP contribution in [0.25, 0.3) is 11.1 Å². The number of carbonyl (C=O) groups excluding carboxylic acids is 2. The number of nitrogens with zero attached hydrogens (tertiary/aromatic N) is 3. The number of primary amides is 1. The number of benzene rings is 2. The summed E-state index contributed by atoms with van der Waals surface area (Å²) in [6, 6.07) is 14.8. The molecule has 1 aliphatic heterocycles. The molecule has 7 nitrogen and oxygen atoms in total. The van der Waals surface area contributed by atoms with Gasteiger partial charge < -0.3 is 20.3 Å². The molecule has 0 radical (unpaired) electrons. The van der Waals surface area contributed by atoms with Crippen molar-refractivity contribution in [3.63, 3.8) is 0 Å². The van der Waals surface area contributed by atoms with Gasteiger partial charge in [0, 0.05) is 53.7 Å². The van der Waals surface area contributed by atoms with E-state index in [1.807, 2.05) is 49.1 Å². The Morgan fingerprint density at radius 1 is 1.11 bits per heavy atom. The SMILES string of the molecule is CCOc1ncccc1-c1ccc(N2CCN(C(=O)c3ccc(Cl)cc3C)C[C@H]2CC)c(C(N)=O)c1. The minimum absolute atomic E-state index is 0.00669. The number of halogens is 1. The second-order valence-electron chi connectivity index (χ2n) is 8.85. The van der Waals surface area contributed by atoms with Gasteiger partial charge in [-0.05, 0) is 73.9 Å². The third-order valence-electron chi connectivity index (χ3n) is 6.59. The van der Waals surface area contributed by atoms with Gasteiger partial charge in [0.05, 0.1) is 12.2 Å². The van der Waals surface area contributed by atoms with Gasteiger partial charge in [-0.3, -0.25) is 9.59 Å². The smallest absolute Gasteiger partial charge is 0.254 e. The maximum atomic E-state index is 13.3. The summed E-state index contributed by atoms with van der Waals surface area (Å²) < 4.78 is 5.68. The molecular formula is C28H31ClN4O3. The zero-order valence-corrected chi connectivity index (χ0v) is 21.6. The quantitative estimate of drug-likeness (QED) is 0.490. The van der Waals surface area contributed by atoms with E-state index in [4.69, 9.17) is 22.1 Å². The van der Waals surface area contributed by atoms with E-state index in [1.54, 1.807) is 24.4 Å². The van der Waals surface area contributed by atoms with Crippen molar-refractivity contribution in [1.82, 2.24) is 9.88 Å². The van der Waals surface area contributed by atoms with Crippen LogP contribution in [-0.2, 0) is 0 Å². The molecule has 4 rings (SSSR count). The van der Waals surface area contributed by atoms with Crippen LogP contribution < -0.4 is 15.4 Å². The average molecular weight is 507 g/mol. The summed E-state index contributed by atoms with van der Waals surface area (Å²) in [4.78, 5) is 34.2. The van der Waals surface area contributed by atoms with Gasteiger partial charge >= 0.3 is 0 Å². The number of amides is 2. The summed E-state index contributed by atoms with van der Waals surface area (Å²) in [6.07, 6.45) is 2.48. The maximum Gasteiger partial charge on any atom is 0.254 e. The molecule has 188 valence electrons. The lowest BCUT2D eigenvalue weighted by molar-refractivity contribution is 0.0719. The Morgan fingerprint density at radius 2 is 1.92 bits per heavy atom. The van der Waals surface area contributed by atoms with Crippen molar-refractivity contribution in [2.75, 3.05) is 31.1 Å². The summed E-state index contributed by atoms with van der Waals surface area (Å²) in [5.41, 5.74) is 10.2. The molecule has 8 heteroatoms. The lowest BCUT2D eigenvalue weighted by Gasteiger charge is -2.43. The Labute approximate surface area is 216 Å². The first kappa shape index (κ1) is 25.5. The van der Waals surface area contributed by atoms with Crippen LogP contribution in [0.5, 0.6) is 5.88 Å². The number of aromatic nitrogens is 1. The predicted octanol–water partition coefficient (Wildman–Crippen LogP) is 4.95. The van der Waals surface area contributed by atoms with Crippen LogP contribution in [0.4, 0.5) is 5.69 Å². The monoisotopic (exact) mass is 506 g/mol. The zero-order chi connectivity index (χ0) is 25.8. The van der Waals surface area contributed by atoms with Crippen LogP contribution in [0.15, 0.2) is 54.7 Å². The molecule has 1 fully saturated rings. The highest BCUT2D eigenvalue weighted by Crippen LogP contribution is 2.34. The van der Waals surface area contributed by atoms with Crippen LogP contribution in [-0.4, -0.2) is 54.0 Å². The number of nitrogens with two attached hydrogens (primary N) is 1. The topological polar surface area (TPSA) is 88.8 Å². The van der Waals surface area contributed by atoms with E-state index in [-0.39, 0.29) is 11.9 Å². The van der Waals surface area contributed by atoms with Crippen molar-refractivity contribution in [2.45, 2.75) is 33.2 Å². The fourth-order valence-electron chi connectivity index (χ4n) is 4.76. The molecule has 2 N–H and O–H groups in total. The molecule has 3 aromatic rings. The molecule has 2 aromatic carbocycles. The number of piperazine rings is 1. The van der Waals surface area contributed by atoms with E-state index in [9.17, 15) is 9.59 Å². The van der Waals surface area contributed by atoms with Gasteiger partial charge in [-0.2, -0.15) is 0 Å². The van der Waals surface area contributed by atoms with Gasteiger partial charge in [0.1, 0.15) is 0 Å². The number of aryl methyl sites for hydroxylation is 1. The lowest BCUT2D eigenvalue weighted by atomic mass is 9.99. The van der Waals surface area contributed by atoms with E-state index in [0.29, 0.717) is 48.3 Å². The highest BCUT2D eigenvalue weighted by atomic mass is 35.5. The molecule has 2 heterocycles. The Bertz CT molecular complexity index is 1280. The van der Waals surface area contributed by atoms with Gasteiger partial charge in [-0.25, -0.2) is 4.98 Å². The number of ether oxygens (including phenoxy) is 1. The normalized spacial score (nSPS) is 15.6. The Balaban J connectivity index is 1.62. The average Bonchev–Trinajstić information content (AvgIpc) is 2.88. The molecule has 1 atom stereocenters. The minimum Gasteiger partial charge on any atom is -0.478 e. The van der Waals surface area contributed by atoms with Gasteiger partial charge in [0.25, 0.3) is 11.8 Å². The first-order valence-corrected chi connectivity index (χ1v) is 12.6. The van der Waals surface area contributed by atoms with E-state index in [0.717, 1.165) is 28.8 Å². The lowest BCUT2D eigenvalue weighted by Crippen LogP contribution is -2.55. The second-order valence-corrected chi connectivity index (χ2v) is 9.29. The van der Waals surface area contributed by atoms with E-state index < -0.39 is 5.91 Å². The van der Waals surface area contributed by atoms with Crippen LogP contribution in [0, 0.1) is 6.92 Å². The largest absolute Gasteiger partial charge is 0.478 e. The number of pyridine rings is 1. The maximum absolute atomic E-state index is 13.3. The second kappa shape index (κ2) is 11.0. The molecule has 0 unspecified atom stereocenters. The van der Waals surface area contributed by atoms with Crippen LogP contribution in [0.2, 0.25) is 5.02 Å². The molecule has 0 spiro atoms. The van der Waals surface area contributed by atoms with Crippen LogP contribution in [0.1, 0.15) is 46.5 Å². The van der Waals surface area contributed by atoms with Crippen molar-refractivity contribution < 1.29 is 14.3 Å². The number of hydrogen-bond acceptors (Lipinski definition) is 5. The highest BCUT2D eigenvalue weighted by Gasteiger charge is 2.31. The molecule has 0 saturated carbocycles. The predicted molar refractivity (Wildman–Crippen MR) is 143 cm³/mol. The molecule has 1 saturated heterocycles.